The van der Waals surface area contributed by atoms with Gasteiger partial charge in [0, 0.05) is 24.2 Å². The van der Waals surface area contributed by atoms with Gasteiger partial charge in [-0.2, -0.15) is 0 Å². The first-order chi connectivity index (χ1) is 13.2. The number of oxazole rings is 1. The molecule has 0 radical (unpaired) electrons. The van der Waals surface area contributed by atoms with Crippen LogP contribution in [-0.4, -0.2) is 27.3 Å². The van der Waals surface area contributed by atoms with E-state index in [1.807, 2.05) is 35.2 Å². The van der Waals surface area contributed by atoms with Crippen molar-refractivity contribution >= 4 is 17.5 Å². The standard InChI is InChI=1S/C21H20ClN3O2/c22-17-8-2-1-7-15(17)13-16-14-24-20(27-16)19-10-4-6-12-25(19)21(26)18-9-3-5-11-23-18/h1-3,5,7-9,11,14,19H,4,6,10,12-13H2/t19-/m1/s1. The van der Waals surface area contributed by atoms with Crippen LogP contribution in [0.2, 0.25) is 5.02 Å². The fourth-order valence-electron chi connectivity index (χ4n) is 3.46. The van der Waals surface area contributed by atoms with Crippen LogP contribution in [-0.2, 0) is 6.42 Å². The molecule has 0 N–H and O–H groups in total. The summed E-state index contributed by atoms with van der Waals surface area (Å²) in [6.45, 7) is 0.683. The van der Waals surface area contributed by atoms with Crippen molar-refractivity contribution in [1.29, 1.82) is 0 Å². The number of hydrogen-bond donors (Lipinski definition) is 0. The highest BCUT2D eigenvalue weighted by Gasteiger charge is 2.32. The molecule has 1 amide bonds. The predicted octanol–water partition coefficient (Wildman–Crippen LogP) is 4.68. The van der Waals surface area contributed by atoms with Gasteiger partial charge in [0.2, 0.25) is 5.89 Å². The molecule has 0 aliphatic carbocycles. The fourth-order valence-corrected chi connectivity index (χ4v) is 3.66. The second-order valence-electron chi connectivity index (χ2n) is 6.66. The number of halogens is 1. The fraction of sp³-hybridized carbons (Fsp3) is 0.286. The van der Waals surface area contributed by atoms with E-state index in [0.29, 0.717) is 29.6 Å². The highest BCUT2D eigenvalue weighted by molar-refractivity contribution is 6.31. The second-order valence-corrected chi connectivity index (χ2v) is 7.07. The minimum Gasteiger partial charge on any atom is -0.443 e. The largest absolute Gasteiger partial charge is 0.443 e. The molecule has 2 aromatic heterocycles. The topological polar surface area (TPSA) is 59.2 Å². The number of hydrogen-bond acceptors (Lipinski definition) is 4. The van der Waals surface area contributed by atoms with Gasteiger partial charge in [0.1, 0.15) is 17.5 Å². The zero-order valence-corrected chi connectivity index (χ0v) is 15.6. The van der Waals surface area contributed by atoms with Crippen LogP contribution in [0.3, 0.4) is 0 Å². The van der Waals surface area contributed by atoms with Crippen molar-refractivity contribution < 1.29 is 9.21 Å². The van der Waals surface area contributed by atoms with E-state index in [4.69, 9.17) is 16.0 Å². The molecule has 0 spiro atoms. The lowest BCUT2D eigenvalue weighted by molar-refractivity contribution is 0.0564. The number of piperidine rings is 1. The molecule has 0 unspecified atom stereocenters. The number of nitrogens with zero attached hydrogens (tertiary/aromatic N) is 3. The summed E-state index contributed by atoms with van der Waals surface area (Å²) in [5, 5.41) is 0.708. The average Bonchev–Trinajstić information content (AvgIpc) is 3.18. The van der Waals surface area contributed by atoms with Gasteiger partial charge in [-0.05, 0) is 43.0 Å². The summed E-state index contributed by atoms with van der Waals surface area (Å²) in [4.78, 5) is 23.4. The van der Waals surface area contributed by atoms with E-state index < -0.39 is 0 Å². The Morgan fingerprint density at radius 2 is 2.00 bits per heavy atom. The molecule has 1 fully saturated rings. The monoisotopic (exact) mass is 381 g/mol. The molecule has 1 aliphatic rings. The SMILES string of the molecule is O=C(c1ccccn1)N1CCCC[C@@H]1c1ncc(Cc2ccccc2Cl)o1. The highest BCUT2D eigenvalue weighted by Crippen LogP contribution is 2.32. The Labute approximate surface area is 163 Å². The Bertz CT molecular complexity index is 926. The Kier molecular flexibility index (Phi) is 5.21. The lowest BCUT2D eigenvalue weighted by Crippen LogP contribution is -2.39. The molecule has 6 heteroatoms. The summed E-state index contributed by atoms with van der Waals surface area (Å²) in [6.07, 6.45) is 6.80. The third-order valence-electron chi connectivity index (χ3n) is 4.83. The Hall–Kier alpha value is -2.66. The minimum atomic E-state index is -0.159. The van der Waals surface area contributed by atoms with Gasteiger partial charge in [0.05, 0.1) is 6.20 Å². The summed E-state index contributed by atoms with van der Waals surface area (Å²) in [5.74, 6) is 1.25. The smallest absolute Gasteiger partial charge is 0.273 e. The van der Waals surface area contributed by atoms with E-state index >= 15 is 0 Å². The molecule has 138 valence electrons. The van der Waals surface area contributed by atoms with Gasteiger partial charge in [-0.25, -0.2) is 4.98 Å². The van der Waals surface area contributed by atoms with Crippen LogP contribution in [0, 0.1) is 0 Å². The van der Waals surface area contributed by atoms with Crippen LogP contribution in [0.4, 0.5) is 0 Å². The maximum absolute atomic E-state index is 12.9. The highest BCUT2D eigenvalue weighted by atomic mass is 35.5. The number of amides is 1. The number of rotatable bonds is 4. The van der Waals surface area contributed by atoms with E-state index in [1.165, 1.54) is 0 Å². The second kappa shape index (κ2) is 7.92. The van der Waals surface area contributed by atoms with Crippen molar-refractivity contribution in [3.8, 4) is 0 Å². The normalized spacial score (nSPS) is 17.1. The molecular weight excluding hydrogens is 362 g/mol. The Morgan fingerprint density at radius 3 is 2.81 bits per heavy atom. The molecule has 1 atom stereocenters. The predicted molar refractivity (Wildman–Crippen MR) is 103 cm³/mol. The lowest BCUT2D eigenvalue weighted by Gasteiger charge is -2.33. The van der Waals surface area contributed by atoms with Crippen LogP contribution in [0.5, 0.6) is 0 Å². The average molecular weight is 382 g/mol. The van der Waals surface area contributed by atoms with E-state index in [-0.39, 0.29) is 11.9 Å². The van der Waals surface area contributed by atoms with Gasteiger partial charge in [-0.1, -0.05) is 35.9 Å². The number of benzene rings is 1. The maximum Gasteiger partial charge on any atom is 0.273 e. The molecule has 1 aromatic carbocycles. The van der Waals surface area contributed by atoms with Crippen LogP contribution in [0.1, 0.15) is 53.0 Å². The molecule has 3 heterocycles. The van der Waals surface area contributed by atoms with Crippen molar-refractivity contribution in [2.24, 2.45) is 0 Å². The van der Waals surface area contributed by atoms with Crippen molar-refractivity contribution in [2.75, 3.05) is 6.54 Å². The van der Waals surface area contributed by atoms with Crippen molar-refractivity contribution in [2.45, 2.75) is 31.7 Å². The quantitative estimate of drug-likeness (QED) is 0.658. The van der Waals surface area contributed by atoms with Gasteiger partial charge < -0.3 is 9.32 Å². The van der Waals surface area contributed by atoms with Gasteiger partial charge in [-0.15, -0.1) is 0 Å². The molecular formula is C21H20ClN3O2. The van der Waals surface area contributed by atoms with Gasteiger partial charge >= 0.3 is 0 Å². The molecule has 0 bridgehead atoms. The third kappa shape index (κ3) is 3.88. The summed E-state index contributed by atoms with van der Waals surface area (Å²) >= 11 is 6.24. The minimum absolute atomic E-state index is 0.0776. The first kappa shape index (κ1) is 17.7. The number of aromatic nitrogens is 2. The first-order valence-corrected chi connectivity index (χ1v) is 9.50. The van der Waals surface area contributed by atoms with Crippen molar-refractivity contribution in [1.82, 2.24) is 14.9 Å². The molecule has 5 nitrogen and oxygen atoms in total. The van der Waals surface area contributed by atoms with Crippen molar-refractivity contribution in [3.05, 3.63) is 82.8 Å². The van der Waals surface area contributed by atoms with Crippen LogP contribution in [0.25, 0.3) is 0 Å². The third-order valence-corrected chi connectivity index (χ3v) is 5.20. The molecule has 1 saturated heterocycles. The zero-order valence-electron chi connectivity index (χ0n) is 14.8. The first-order valence-electron chi connectivity index (χ1n) is 9.12. The Balaban J connectivity index is 1.55. The number of likely N-dealkylation sites (tertiary alicyclic amines) is 1. The molecule has 3 aromatic rings. The summed E-state index contributed by atoms with van der Waals surface area (Å²) in [5.41, 5.74) is 1.44. The van der Waals surface area contributed by atoms with E-state index in [0.717, 1.165) is 30.6 Å². The van der Waals surface area contributed by atoms with Gasteiger partial charge in [-0.3, -0.25) is 9.78 Å². The molecule has 1 aliphatic heterocycles. The zero-order chi connectivity index (χ0) is 18.6. The van der Waals surface area contributed by atoms with E-state index in [9.17, 15) is 4.79 Å². The lowest BCUT2D eigenvalue weighted by atomic mass is 10.0. The summed E-state index contributed by atoms with van der Waals surface area (Å²) < 4.78 is 6.01. The van der Waals surface area contributed by atoms with Crippen LogP contribution in [0.15, 0.2) is 59.3 Å². The summed E-state index contributed by atoms with van der Waals surface area (Å²) in [6, 6.07) is 12.9. The van der Waals surface area contributed by atoms with Crippen LogP contribution < -0.4 is 0 Å². The maximum atomic E-state index is 12.9. The number of carbonyl (C=O) groups is 1. The van der Waals surface area contributed by atoms with E-state index in [2.05, 4.69) is 9.97 Å². The van der Waals surface area contributed by atoms with Crippen molar-refractivity contribution in [3.63, 3.8) is 0 Å². The molecule has 0 saturated carbocycles. The summed E-state index contributed by atoms with van der Waals surface area (Å²) in [7, 11) is 0. The molecule has 4 rings (SSSR count). The number of carbonyl (C=O) groups excluding carboxylic acids is 1. The van der Waals surface area contributed by atoms with Gasteiger partial charge in [0.15, 0.2) is 0 Å². The van der Waals surface area contributed by atoms with E-state index in [1.54, 1.807) is 24.5 Å². The van der Waals surface area contributed by atoms with Gasteiger partial charge in [0.25, 0.3) is 5.91 Å². The van der Waals surface area contributed by atoms with Crippen LogP contribution >= 0.6 is 11.6 Å². The Morgan fingerprint density at radius 1 is 1.15 bits per heavy atom. The molecule has 27 heavy (non-hydrogen) atoms. The number of pyridine rings is 1.